The molecule has 1 aromatic heterocycles. The van der Waals surface area contributed by atoms with E-state index in [1.807, 2.05) is 19.1 Å². The third-order valence-electron chi connectivity index (χ3n) is 2.55. The molecule has 0 aliphatic carbocycles. The fourth-order valence-corrected chi connectivity index (χ4v) is 1.58. The lowest BCUT2D eigenvalue weighted by Gasteiger charge is -2.20. The summed E-state index contributed by atoms with van der Waals surface area (Å²) < 4.78 is 5.34. The first-order valence-corrected chi connectivity index (χ1v) is 5.95. The van der Waals surface area contributed by atoms with Gasteiger partial charge in [0, 0.05) is 25.9 Å². The number of rotatable bonds is 7. The molecule has 0 saturated carbocycles. The van der Waals surface area contributed by atoms with Gasteiger partial charge in [-0.2, -0.15) is 5.26 Å². The van der Waals surface area contributed by atoms with Gasteiger partial charge in [0.15, 0.2) is 0 Å². The summed E-state index contributed by atoms with van der Waals surface area (Å²) in [5.41, 5.74) is 1.60. The predicted octanol–water partition coefficient (Wildman–Crippen LogP) is 1.81. The number of nitriles is 1. The molecule has 0 bridgehead atoms. The Balaban J connectivity index is 2.52. The summed E-state index contributed by atoms with van der Waals surface area (Å²) in [5.74, 6) is 0. The molecule has 1 heterocycles. The van der Waals surface area contributed by atoms with Crippen molar-refractivity contribution in [1.82, 2.24) is 9.88 Å². The zero-order valence-electron chi connectivity index (χ0n) is 10.5. The van der Waals surface area contributed by atoms with Gasteiger partial charge in [0.05, 0.1) is 6.61 Å². The van der Waals surface area contributed by atoms with E-state index in [1.165, 1.54) is 0 Å². The van der Waals surface area contributed by atoms with E-state index in [9.17, 15) is 0 Å². The lowest BCUT2D eigenvalue weighted by molar-refractivity contribution is 0.113. The highest BCUT2D eigenvalue weighted by Crippen LogP contribution is 2.05. The van der Waals surface area contributed by atoms with Crippen LogP contribution in [0.2, 0.25) is 0 Å². The minimum atomic E-state index is 0.475. The topological polar surface area (TPSA) is 49.1 Å². The average molecular weight is 233 g/mol. The van der Waals surface area contributed by atoms with Gasteiger partial charge in [-0.1, -0.05) is 6.92 Å². The van der Waals surface area contributed by atoms with Gasteiger partial charge in [-0.15, -0.1) is 0 Å². The highest BCUT2D eigenvalue weighted by Gasteiger charge is 2.04. The van der Waals surface area contributed by atoms with Gasteiger partial charge >= 0.3 is 0 Å². The molecule has 1 aromatic rings. The maximum Gasteiger partial charge on any atom is 0.140 e. The predicted molar refractivity (Wildman–Crippen MR) is 66.4 cm³/mol. The molecule has 0 atom stereocenters. The van der Waals surface area contributed by atoms with Crippen molar-refractivity contribution in [3.05, 3.63) is 29.6 Å². The summed E-state index contributed by atoms with van der Waals surface area (Å²) in [5, 5.41) is 8.78. The SMILES string of the molecule is CCOCCN(CC)Cc1ccnc(C#N)c1. The summed E-state index contributed by atoms with van der Waals surface area (Å²) in [4.78, 5) is 6.25. The molecule has 0 aromatic carbocycles. The molecule has 0 spiro atoms. The molecule has 17 heavy (non-hydrogen) atoms. The van der Waals surface area contributed by atoms with E-state index in [4.69, 9.17) is 10.00 Å². The molecular weight excluding hydrogens is 214 g/mol. The molecule has 0 saturated heterocycles. The van der Waals surface area contributed by atoms with Crippen molar-refractivity contribution in [2.24, 2.45) is 0 Å². The fourth-order valence-electron chi connectivity index (χ4n) is 1.58. The molecule has 4 heteroatoms. The molecule has 0 amide bonds. The van der Waals surface area contributed by atoms with E-state index in [2.05, 4.69) is 22.9 Å². The molecule has 0 aliphatic rings. The number of hydrogen-bond acceptors (Lipinski definition) is 4. The smallest absolute Gasteiger partial charge is 0.140 e. The van der Waals surface area contributed by atoms with Crippen LogP contribution in [0.15, 0.2) is 18.3 Å². The van der Waals surface area contributed by atoms with Crippen molar-refractivity contribution in [2.75, 3.05) is 26.3 Å². The van der Waals surface area contributed by atoms with Crippen LogP contribution in [0.25, 0.3) is 0 Å². The summed E-state index contributed by atoms with van der Waals surface area (Å²) in [6.07, 6.45) is 1.68. The van der Waals surface area contributed by atoms with E-state index in [-0.39, 0.29) is 0 Å². The number of aromatic nitrogens is 1. The van der Waals surface area contributed by atoms with Crippen LogP contribution in [0.5, 0.6) is 0 Å². The number of likely N-dealkylation sites (N-methyl/N-ethyl adjacent to an activating group) is 1. The Kier molecular flexibility index (Phi) is 6.23. The van der Waals surface area contributed by atoms with Crippen LogP contribution in [-0.4, -0.2) is 36.2 Å². The third-order valence-corrected chi connectivity index (χ3v) is 2.55. The first-order valence-electron chi connectivity index (χ1n) is 5.95. The summed E-state index contributed by atoms with van der Waals surface area (Å²) >= 11 is 0. The maximum absolute atomic E-state index is 8.78. The molecule has 92 valence electrons. The van der Waals surface area contributed by atoms with Gasteiger partial charge in [-0.05, 0) is 31.2 Å². The monoisotopic (exact) mass is 233 g/mol. The van der Waals surface area contributed by atoms with Crippen LogP contribution in [0.3, 0.4) is 0 Å². The Hall–Kier alpha value is -1.44. The molecule has 0 radical (unpaired) electrons. The summed E-state index contributed by atoms with van der Waals surface area (Å²) in [7, 11) is 0. The Labute approximate surface area is 103 Å². The Bertz CT molecular complexity index is 373. The van der Waals surface area contributed by atoms with Crippen molar-refractivity contribution in [2.45, 2.75) is 20.4 Å². The Morgan fingerprint density at radius 1 is 1.47 bits per heavy atom. The highest BCUT2D eigenvalue weighted by atomic mass is 16.5. The molecule has 1 rings (SSSR count). The van der Waals surface area contributed by atoms with Crippen LogP contribution < -0.4 is 0 Å². The lowest BCUT2D eigenvalue weighted by Crippen LogP contribution is -2.27. The highest BCUT2D eigenvalue weighted by molar-refractivity contribution is 5.25. The van der Waals surface area contributed by atoms with E-state index >= 15 is 0 Å². The van der Waals surface area contributed by atoms with E-state index < -0.39 is 0 Å². The summed E-state index contributed by atoms with van der Waals surface area (Å²) in [6, 6.07) is 5.84. The van der Waals surface area contributed by atoms with E-state index in [1.54, 1.807) is 6.20 Å². The van der Waals surface area contributed by atoms with Crippen molar-refractivity contribution in [3.8, 4) is 6.07 Å². The first kappa shape index (κ1) is 13.6. The molecule has 0 unspecified atom stereocenters. The van der Waals surface area contributed by atoms with Crippen molar-refractivity contribution < 1.29 is 4.74 Å². The second-order valence-corrected chi connectivity index (χ2v) is 3.73. The normalized spacial score (nSPS) is 10.5. The van der Waals surface area contributed by atoms with Gasteiger partial charge in [-0.3, -0.25) is 4.90 Å². The van der Waals surface area contributed by atoms with Crippen LogP contribution in [0, 0.1) is 11.3 Å². The molecule has 0 fully saturated rings. The lowest BCUT2D eigenvalue weighted by atomic mass is 10.2. The van der Waals surface area contributed by atoms with Crippen molar-refractivity contribution in [3.63, 3.8) is 0 Å². The molecule has 0 N–H and O–H groups in total. The standard InChI is InChI=1S/C13H19N3O/c1-3-16(7-8-17-4-2)11-12-5-6-15-13(9-12)10-14/h5-6,9H,3-4,7-8,11H2,1-2H3. The maximum atomic E-state index is 8.78. The third kappa shape index (κ3) is 4.94. The molecule has 4 nitrogen and oxygen atoms in total. The van der Waals surface area contributed by atoms with Crippen LogP contribution in [0.4, 0.5) is 0 Å². The number of ether oxygens (including phenoxy) is 1. The van der Waals surface area contributed by atoms with Crippen LogP contribution >= 0.6 is 0 Å². The largest absolute Gasteiger partial charge is 0.380 e. The quantitative estimate of drug-likeness (QED) is 0.674. The zero-order valence-corrected chi connectivity index (χ0v) is 10.5. The minimum absolute atomic E-state index is 0.475. The minimum Gasteiger partial charge on any atom is -0.380 e. The number of hydrogen-bond donors (Lipinski definition) is 0. The van der Waals surface area contributed by atoms with Gasteiger partial charge in [0.1, 0.15) is 11.8 Å². The van der Waals surface area contributed by atoms with Gasteiger partial charge < -0.3 is 4.74 Å². The average Bonchev–Trinajstić information content (AvgIpc) is 2.38. The van der Waals surface area contributed by atoms with Gasteiger partial charge in [-0.25, -0.2) is 4.98 Å². The second-order valence-electron chi connectivity index (χ2n) is 3.73. The van der Waals surface area contributed by atoms with Gasteiger partial charge in [0.2, 0.25) is 0 Å². The van der Waals surface area contributed by atoms with Crippen LogP contribution in [0.1, 0.15) is 25.1 Å². The number of nitrogens with zero attached hydrogens (tertiary/aromatic N) is 3. The fraction of sp³-hybridized carbons (Fsp3) is 0.538. The van der Waals surface area contributed by atoms with Gasteiger partial charge in [0.25, 0.3) is 0 Å². The molecular formula is C13H19N3O. The van der Waals surface area contributed by atoms with Crippen LogP contribution in [-0.2, 0) is 11.3 Å². The Morgan fingerprint density at radius 3 is 2.94 bits per heavy atom. The summed E-state index contributed by atoms with van der Waals surface area (Å²) in [6.45, 7) is 8.34. The number of pyridine rings is 1. The molecule has 0 aliphatic heterocycles. The van der Waals surface area contributed by atoms with Crippen molar-refractivity contribution in [1.29, 1.82) is 5.26 Å². The van der Waals surface area contributed by atoms with E-state index in [0.29, 0.717) is 5.69 Å². The van der Waals surface area contributed by atoms with E-state index in [0.717, 1.165) is 38.4 Å². The second kappa shape index (κ2) is 7.77. The first-order chi connectivity index (χ1) is 8.30. The zero-order chi connectivity index (χ0) is 12.5. The Morgan fingerprint density at radius 2 is 2.29 bits per heavy atom. The van der Waals surface area contributed by atoms with Crippen molar-refractivity contribution >= 4 is 0 Å².